The summed E-state index contributed by atoms with van der Waals surface area (Å²) in [4.78, 5) is 11.9. The maximum absolute atomic E-state index is 12.8. The molecule has 0 aliphatic rings. The van der Waals surface area contributed by atoms with E-state index in [1.54, 1.807) is 12.1 Å². The molecule has 3 aromatic carbocycles. The molecule has 130 valence electrons. The van der Waals surface area contributed by atoms with Gasteiger partial charge >= 0.3 is 0 Å². The van der Waals surface area contributed by atoms with E-state index < -0.39 is 0 Å². The molecule has 0 radical (unpaired) electrons. The molecule has 0 fully saturated rings. The number of amides is 1. The molecule has 3 aromatic rings. The van der Waals surface area contributed by atoms with Crippen LogP contribution in [0.2, 0.25) is 0 Å². The average Bonchev–Trinajstić information content (AvgIpc) is 2.69. The molecule has 26 heavy (non-hydrogen) atoms. The first-order chi connectivity index (χ1) is 12.7. The average molecular weight is 348 g/mol. The Morgan fingerprint density at radius 3 is 2.42 bits per heavy atom. The van der Waals surface area contributed by atoms with Crippen LogP contribution in [0.15, 0.2) is 84.0 Å². The number of carbonyl (C=O) groups excluding carboxylic acids is 1. The molecular weight excluding hydrogens is 331 g/mol. The van der Waals surface area contributed by atoms with E-state index in [1.807, 2.05) is 54.6 Å². The standard InChI is InChI=1S/C21H17FN2O2/c22-18-12-10-16(11-13-18)14-23-24-21(25)15-26-20-9-5-4-8-19(20)17-6-2-1-3-7-17/h1-14H,15H2,(H,24,25)/b23-14-. The van der Waals surface area contributed by atoms with Crippen molar-refractivity contribution in [2.24, 2.45) is 5.10 Å². The first-order valence-corrected chi connectivity index (χ1v) is 8.07. The summed E-state index contributed by atoms with van der Waals surface area (Å²) in [6.45, 7) is -0.162. The number of nitrogens with one attached hydrogen (secondary N) is 1. The van der Waals surface area contributed by atoms with Gasteiger partial charge in [-0.15, -0.1) is 0 Å². The Balaban J connectivity index is 1.57. The number of hydrazone groups is 1. The van der Waals surface area contributed by atoms with E-state index in [0.29, 0.717) is 11.3 Å². The zero-order valence-corrected chi connectivity index (χ0v) is 13.9. The molecule has 1 N–H and O–H groups in total. The largest absolute Gasteiger partial charge is 0.483 e. The molecular formula is C21H17FN2O2. The zero-order valence-electron chi connectivity index (χ0n) is 13.9. The lowest BCUT2D eigenvalue weighted by molar-refractivity contribution is -0.123. The van der Waals surface area contributed by atoms with Crippen molar-refractivity contribution in [1.29, 1.82) is 0 Å². The van der Waals surface area contributed by atoms with Gasteiger partial charge in [-0.05, 0) is 29.3 Å². The minimum Gasteiger partial charge on any atom is -0.483 e. The number of ether oxygens (including phenoxy) is 1. The second kappa shape index (κ2) is 8.58. The molecule has 5 heteroatoms. The highest BCUT2D eigenvalue weighted by Gasteiger charge is 2.07. The first kappa shape index (κ1) is 17.4. The van der Waals surface area contributed by atoms with Crippen LogP contribution in [0.4, 0.5) is 4.39 Å². The molecule has 0 atom stereocenters. The van der Waals surface area contributed by atoms with E-state index in [4.69, 9.17) is 4.74 Å². The smallest absolute Gasteiger partial charge is 0.277 e. The van der Waals surface area contributed by atoms with Gasteiger partial charge in [0.15, 0.2) is 6.61 Å². The van der Waals surface area contributed by atoms with Gasteiger partial charge < -0.3 is 4.74 Å². The van der Waals surface area contributed by atoms with E-state index in [1.165, 1.54) is 18.3 Å². The Morgan fingerprint density at radius 2 is 1.65 bits per heavy atom. The summed E-state index contributed by atoms with van der Waals surface area (Å²) in [5.74, 6) is -0.0840. The second-order valence-electron chi connectivity index (χ2n) is 5.50. The number of nitrogens with zero attached hydrogens (tertiary/aromatic N) is 1. The van der Waals surface area contributed by atoms with Crippen molar-refractivity contribution < 1.29 is 13.9 Å². The van der Waals surface area contributed by atoms with E-state index in [-0.39, 0.29) is 18.3 Å². The molecule has 0 aromatic heterocycles. The summed E-state index contributed by atoms with van der Waals surface area (Å²) in [5, 5.41) is 3.84. The highest BCUT2D eigenvalue weighted by molar-refractivity contribution is 5.83. The highest BCUT2D eigenvalue weighted by atomic mass is 19.1. The SMILES string of the molecule is O=C(COc1ccccc1-c1ccccc1)N/N=C\c1ccc(F)cc1. The van der Waals surface area contributed by atoms with Gasteiger partial charge in [0.05, 0.1) is 6.21 Å². The van der Waals surface area contributed by atoms with Crippen molar-refractivity contribution >= 4 is 12.1 Å². The summed E-state index contributed by atoms with van der Waals surface area (Å²) in [5.41, 5.74) is 4.99. The number of carbonyl (C=O) groups is 1. The normalized spacial score (nSPS) is 10.7. The third-order valence-electron chi connectivity index (χ3n) is 3.60. The predicted molar refractivity (Wildman–Crippen MR) is 99.5 cm³/mol. The molecule has 0 saturated heterocycles. The third-order valence-corrected chi connectivity index (χ3v) is 3.60. The highest BCUT2D eigenvalue weighted by Crippen LogP contribution is 2.29. The molecule has 0 spiro atoms. The Kier molecular flexibility index (Phi) is 5.72. The molecule has 0 saturated carbocycles. The second-order valence-corrected chi connectivity index (χ2v) is 5.50. The van der Waals surface area contributed by atoms with Crippen LogP contribution in [0.3, 0.4) is 0 Å². The molecule has 1 amide bonds. The van der Waals surface area contributed by atoms with Gasteiger partial charge in [-0.3, -0.25) is 4.79 Å². The Bertz CT molecular complexity index is 893. The van der Waals surface area contributed by atoms with Crippen molar-refractivity contribution in [3.05, 3.63) is 90.2 Å². The summed E-state index contributed by atoms with van der Waals surface area (Å²) in [7, 11) is 0. The van der Waals surface area contributed by atoms with Crippen LogP contribution in [0, 0.1) is 5.82 Å². The molecule has 0 unspecified atom stereocenters. The lowest BCUT2D eigenvalue weighted by Gasteiger charge is -2.10. The van der Waals surface area contributed by atoms with Crippen LogP contribution < -0.4 is 10.2 Å². The molecule has 0 aliphatic carbocycles. The van der Waals surface area contributed by atoms with Crippen LogP contribution in [0.5, 0.6) is 5.75 Å². The van der Waals surface area contributed by atoms with Gasteiger partial charge in [-0.1, -0.05) is 60.7 Å². The van der Waals surface area contributed by atoms with Crippen LogP contribution in [-0.2, 0) is 4.79 Å². The fourth-order valence-electron chi connectivity index (χ4n) is 2.35. The lowest BCUT2D eigenvalue weighted by Crippen LogP contribution is -2.24. The monoisotopic (exact) mass is 348 g/mol. The van der Waals surface area contributed by atoms with Gasteiger partial charge in [0.2, 0.25) is 0 Å². The number of benzene rings is 3. The minimum atomic E-state index is -0.383. The first-order valence-electron chi connectivity index (χ1n) is 8.07. The maximum atomic E-state index is 12.8. The molecule has 0 aliphatic heterocycles. The van der Waals surface area contributed by atoms with Crippen LogP contribution in [-0.4, -0.2) is 18.7 Å². The number of para-hydroxylation sites is 1. The lowest BCUT2D eigenvalue weighted by atomic mass is 10.1. The summed E-state index contributed by atoms with van der Waals surface area (Å²) >= 11 is 0. The van der Waals surface area contributed by atoms with Crippen molar-refractivity contribution in [2.75, 3.05) is 6.61 Å². The summed E-state index contributed by atoms with van der Waals surface area (Å²) < 4.78 is 18.5. The topological polar surface area (TPSA) is 50.7 Å². The van der Waals surface area contributed by atoms with Crippen LogP contribution in [0.25, 0.3) is 11.1 Å². The number of halogens is 1. The summed E-state index contributed by atoms with van der Waals surface area (Å²) in [6.07, 6.45) is 1.44. The fraction of sp³-hybridized carbons (Fsp3) is 0.0476. The van der Waals surface area contributed by atoms with Gasteiger partial charge in [0, 0.05) is 5.56 Å². The maximum Gasteiger partial charge on any atom is 0.277 e. The predicted octanol–water partition coefficient (Wildman–Crippen LogP) is 4.02. The van der Waals surface area contributed by atoms with Crippen molar-refractivity contribution in [3.63, 3.8) is 0 Å². The van der Waals surface area contributed by atoms with Gasteiger partial charge in [0.25, 0.3) is 5.91 Å². The number of hydrogen-bond donors (Lipinski definition) is 1. The number of rotatable bonds is 6. The van der Waals surface area contributed by atoms with E-state index in [9.17, 15) is 9.18 Å². The fourth-order valence-corrected chi connectivity index (χ4v) is 2.35. The molecule has 4 nitrogen and oxygen atoms in total. The quantitative estimate of drug-likeness (QED) is 0.540. The molecule has 0 bridgehead atoms. The van der Waals surface area contributed by atoms with Crippen molar-refractivity contribution in [1.82, 2.24) is 5.43 Å². The Hall–Kier alpha value is -3.47. The van der Waals surface area contributed by atoms with Gasteiger partial charge in [-0.25, -0.2) is 9.82 Å². The van der Waals surface area contributed by atoms with Gasteiger partial charge in [0.1, 0.15) is 11.6 Å². The van der Waals surface area contributed by atoms with Crippen LogP contribution >= 0.6 is 0 Å². The Morgan fingerprint density at radius 1 is 0.962 bits per heavy atom. The van der Waals surface area contributed by atoms with Crippen molar-refractivity contribution in [3.8, 4) is 16.9 Å². The summed E-state index contributed by atoms with van der Waals surface area (Å²) in [6, 6.07) is 23.1. The van der Waals surface area contributed by atoms with Crippen molar-refractivity contribution in [2.45, 2.75) is 0 Å². The van der Waals surface area contributed by atoms with E-state index in [2.05, 4.69) is 10.5 Å². The molecule has 0 heterocycles. The van der Waals surface area contributed by atoms with E-state index in [0.717, 1.165) is 11.1 Å². The number of hydrogen-bond acceptors (Lipinski definition) is 3. The zero-order chi connectivity index (χ0) is 18.2. The van der Waals surface area contributed by atoms with Crippen LogP contribution in [0.1, 0.15) is 5.56 Å². The Labute approximate surface area is 150 Å². The van der Waals surface area contributed by atoms with E-state index >= 15 is 0 Å². The minimum absolute atomic E-state index is 0.162. The third kappa shape index (κ3) is 4.77. The van der Waals surface area contributed by atoms with Gasteiger partial charge in [-0.2, -0.15) is 5.10 Å². The molecule has 3 rings (SSSR count).